The SMILES string of the molecule is CCCCCCCCOc1c(OCCCCCC)c2ccc(NC/C=C(\C)CCC=C(C)C)cc2n(CCCC)c1=O. The molecule has 0 aliphatic rings. The second-order valence-corrected chi connectivity index (χ2v) is 12.0. The third kappa shape index (κ3) is 12.7. The molecule has 1 heterocycles. The average Bonchev–Trinajstić information content (AvgIpc) is 2.97. The molecule has 0 amide bonds. The standard InChI is InChI=1S/C37H60N2O3/c1-7-10-13-15-16-18-28-42-36-35(41-27-17-14-11-8-2)33-23-22-32(29-34(33)39(37(36)40)26-12-9-3)38-25-24-31(6)21-19-20-30(4)5/h20,22-24,29,38H,7-19,21,25-28H2,1-6H3/b31-24+. The summed E-state index contributed by atoms with van der Waals surface area (Å²) in [6, 6.07) is 6.31. The molecule has 42 heavy (non-hydrogen) atoms. The molecule has 1 N–H and O–H groups in total. The van der Waals surface area contributed by atoms with Gasteiger partial charge in [0.1, 0.15) is 0 Å². The Morgan fingerprint density at radius 2 is 1.40 bits per heavy atom. The van der Waals surface area contributed by atoms with Gasteiger partial charge < -0.3 is 19.4 Å². The van der Waals surface area contributed by atoms with Crippen LogP contribution in [0.2, 0.25) is 0 Å². The predicted octanol–water partition coefficient (Wildman–Crippen LogP) is 10.6. The Morgan fingerprint density at radius 3 is 2.07 bits per heavy atom. The van der Waals surface area contributed by atoms with Gasteiger partial charge in [-0.1, -0.05) is 102 Å². The Hall–Kier alpha value is -2.69. The third-order valence-corrected chi connectivity index (χ3v) is 7.75. The number of nitrogens with zero attached hydrogens (tertiary/aromatic N) is 1. The van der Waals surface area contributed by atoms with Crippen LogP contribution in [0.1, 0.15) is 131 Å². The lowest BCUT2D eigenvalue weighted by Gasteiger charge is -2.19. The first-order valence-electron chi connectivity index (χ1n) is 16.9. The molecule has 0 spiro atoms. The molecule has 0 bridgehead atoms. The molecule has 2 rings (SSSR count). The van der Waals surface area contributed by atoms with E-state index in [2.05, 4.69) is 77.2 Å². The second-order valence-electron chi connectivity index (χ2n) is 12.0. The Labute approximate surface area is 256 Å². The third-order valence-electron chi connectivity index (χ3n) is 7.75. The van der Waals surface area contributed by atoms with Gasteiger partial charge in [-0.05, 0) is 71.1 Å². The summed E-state index contributed by atoms with van der Waals surface area (Å²) in [5, 5.41) is 4.51. The molecule has 0 radical (unpaired) electrons. The number of pyridine rings is 1. The summed E-state index contributed by atoms with van der Waals surface area (Å²) in [6.07, 6.45) is 20.2. The van der Waals surface area contributed by atoms with Gasteiger partial charge in [0.2, 0.25) is 5.75 Å². The van der Waals surface area contributed by atoms with Crippen molar-refractivity contribution in [2.24, 2.45) is 0 Å². The van der Waals surface area contributed by atoms with Gasteiger partial charge in [0.15, 0.2) is 5.75 Å². The van der Waals surface area contributed by atoms with Gasteiger partial charge in [0.05, 0.1) is 18.7 Å². The van der Waals surface area contributed by atoms with Gasteiger partial charge in [-0.2, -0.15) is 0 Å². The highest BCUT2D eigenvalue weighted by atomic mass is 16.5. The summed E-state index contributed by atoms with van der Waals surface area (Å²) >= 11 is 0. The maximum absolute atomic E-state index is 13.9. The summed E-state index contributed by atoms with van der Waals surface area (Å²) in [5.74, 6) is 1.00. The lowest BCUT2D eigenvalue weighted by Crippen LogP contribution is -2.24. The topological polar surface area (TPSA) is 52.5 Å². The first kappa shape index (κ1) is 35.5. The summed E-state index contributed by atoms with van der Waals surface area (Å²) in [4.78, 5) is 13.9. The lowest BCUT2D eigenvalue weighted by atomic mass is 10.1. The van der Waals surface area contributed by atoms with E-state index in [1.54, 1.807) is 0 Å². The zero-order valence-electron chi connectivity index (χ0n) is 27.8. The number of fused-ring (bicyclic) bond motifs is 1. The van der Waals surface area contributed by atoms with Crippen molar-refractivity contribution in [1.29, 1.82) is 0 Å². The van der Waals surface area contributed by atoms with Crippen molar-refractivity contribution in [3.8, 4) is 11.5 Å². The Balaban J connectivity index is 2.33. The molecule has 0 fully saturated rings. The Morgan fingerprint density at radius 1 is 0.786 bits per heavy atom. The van der Waals surface area contributed by atoms with Gasteiger partial charge >= 0.3 is 0 Å². The maximum Gasteiger partial charge on any atom is 0.297 e. The van der Waals surface area contributed by atoms with Gasteiger partial charge in [-0.15, -0.1) is 0 Å². The Bertz CT molecular complexity index is 1160. The monoisotopic (exact) mass is 580 g/mol. The van der Waals surface area contributed by atoms with E-state index in [-0.39, 0.29) is 5.56 Å². The molecule has 0 aliphatic heterocycles. The van der Waals surface area contributed by atoms with Crippen LogP contribution in [0.4, 0.5) is 5.69 Å². The van der Waals surface area contributed by atoms with Crippen LogP contribution in [0.5, 0.6) is 11.5 Å². The predicted molar refractivity (Wildman–Crippen MR) is 183 cm³/mol. The fourth-order valence-electron chi connectivity index (χ4n) is 5.11. The van der Waals surface area contributed by atoms with Crippen LogP contribution in [0, 0.1) is 0 Å². The van der Waals surface area contributed by atoms with Crippen LogP contribution in [0.25, 0.3) is 10.9 Å². The highest BCUT2D eigenvalue weighted by Crippen LogP contribution is 2.35. The van der Waals surface area contributed by atoms with Crippen molar-refractivity contribution >= 4 is 16.6 Å². The number of anilines is 1. The number of allylic oxidation sites excluding steroid dienone is 3. The molecule has 0 saturated heterocycles. The number of ether oxygens (including phenoxy) is 2. The number of hydrogen-bond acceptors (Lipinski definition) is 4. The van der Waals surface area contributed by atoms with E-state index >= 15 is 0 Å². The second kappa shape index (κ2) is 21.1. The van der Waals surface area contributed by atoms with Crippen LogP contribution in [0.3, 0.4) is 0 Å². The summed E-state index contributed by atoms with van der Waals surface area (Å²) in [5.41, 5.74) is 4.60. The summed E-state index contributed by atoms with van der Waals surface area (Å²) < 4.78 is 14.6. The molecule has 1 aromatic carbocycles. The highest BCUT2D eigenvalue weighted by Gasteiger charge is 2.20. The van der Waals surface area contributed by atoms with E-state index in [9.17, 15) is 4.79 Å². The highest BCUT2D eigenvalue weighted by molar-refractivity contribution is 5.90. The Kier molecular flexibility index (Phi) is 17.8. The number of nitrogens with one attached hydrogen (secondary N) is 1. The smallest absolute Gasteiger partial charge is 0.297 e. The fraction of sp³-hybridized carbons (Fsp3) is 0.649. The molecule has 1 aromatic heterocycles. The summed E-state index contributed by atoms with van der Waals surface area (Å²) in [6.45, 7) is 15.7. The normalized spacial score (nSPS) is 11.6. The zero-order valence-corrected chi connectivity index (χ0v) is 27.8. The molecular formula is C37H60N2O3. The molecule has 5 heteroatoms. The van der Waals surface area contributed by atoms with Crippen LogP contribution in [0.15, 0.2) is 46.3 Å². The van der Waals surface area contributed by atoms with Gasteiger partial charge in [0.25, 0.3) is 5.56 Å². The fourth-order valence-corrected chi connectivity index (χ4v) is 5.11. The number of hydrogen-bond donors (Lipinski definition) is 1. The first-order chi connectivity index (χ1) is 20.4. The molecular weight excluding hydrogens is 520 g/mol. The number of aromatic nitrogens is 1. The summed E-state index contributed by atoms with van der Waals surface area (Å²) in [7, 11) is 0. The minimum absolute atomic E-state index is 0.0716. The molecule has 2 aromatic rings. The van der Waals surface area contributed by atoms with Crippen molar-refractivity contribution in [3.63, 3.8) is 0 Å². The number of aryl methyl sites for hydroxylation is 1. The minimum Gasteiger partial charge on any atom is -0.489 e. The van der Waals surface area contributed by atoms with Crippen molar-refractivity contribution in [3.05, 3.63) is 51.9 Å². The van der Waals surface area contributed by atoms with Crippen molar-refractivity contribution in [2.45, 2.75) is 138 Å². The minimum atomic E-state index is -0.0716. The lowest BCUT2D eigenvalue weighted by molar-refractivity contribution is 0.256. The molecule has 0 saturated carbocycles. The maximum atomic E-state index is 13.9. The van der Waals surface area contributed by atoms with Crippen molar-refractivity contribution in [2.75, 3.05) is 25.1 Å². The van der Waals surface area contributed by atoms with Crippen LogP contribution < -0.4 is 20.3 Å². The average molecular weight is 581 g/mol. The number of rotatable bonds is 23. The van der Waals surface area contributed by atoms with Crippen molar-refractivity contribution in [1.82, 2.24) is 4.57 Å². The van der Waals surface area contributed by atoms with Crippen LogP contribution in [-0.4, -0.2) is 24.3 Å². The number of unbranched alkanes of at least 4 members (excludes halogenated alkanes) is 9. The van der Waals surface area contributed by atoms with Crippen molar-refractivity contribution < 1.29 is 9.47 Å². The molecule has 236 valence electrons. The molecule has 0 aliphatic carbocycles. The van der Waals surface area contributed by atoms with E-state index in [1.165, 1.54) is 49.7 Å². The molecule has 5 nitrogen and oxygen atoms in total. The quantitative estimate of drug-likeness (QED) is 0.105. The first-order valence-corrected chi connectivity index (χ1v) is 16.9. The van der Waals surface area contributed by atoms with E-state index in [1.807, 2.05) is 4.57 Å². The van der Waals surface area contributed by atoms with E-state index in [0.29, 0.717) is 31.3 Å². The van der Waals surface area contributed by atoms with Gasteiger partial charge in [-0.3, -0.25) is 4.79 Å². The van der Waals surface area contributed by atoms with E-state index in [4.69, 9.17) is 9.47 Å². The van der Waals surface area contributed by atoms with E-state index in [0.717, 1.165) is 74.5 Å². The molecule has 0 atom stereocenters. The van der Waals surface area contributed by atoms with Gasteiger partial charge in [0, 0.05) is 24.2 Å². The van der Waals surface area contributed by atoms with Crippen LogP contribution >= 0.6 is 0 Å². The zero-order chi connectivity index (χ0) is 30.6. The van der Waals surface area contributed by atoms with E-state index < -0.39 is 0 Å². The number of benzene rings is 1. The van der Waals surface area contributed by atoms with Gasteiger partial charge in [-0.25, -0.2) is 0 Å². The largest absolute Gasteiger partial charge is 0.489 e. The molecule has 0 unspecified atom stereocenters. The van der Waals surface area contributed by atoms with Crippen LogP contribution in [-0.2, 0) is 6.54 Å².